The monoisotopic (exact) mass is 2160 g/mol. The Bertz CT molecular complexity index is 4220. The van der Waals surface area contributed by atoms with Gasteiger partial charge in [0.2, 0.25) is 41.4 Å². The van der Waals surface area contributed by atoms with Crippen LogP contribution < -0.4 is 37.2 Å². The lowest BCUT2D eigenvalue weighted by Crippen LogP contribution is -2.73. The van der Waals surface area contributed by atoms with Gasteiger partial charge in [-0.1, -0.05) is 0 Å². The Morgan fingerprint density at radius 1 is 0.324 bits per heavy atom. The first-order valence-corrected chi connectivity index (χ1v) is 47.0. The second-order valence-corrected chi connectivity index (χ2v) is 37.2. The van der Waals surface area contributed by atoms with Crippen LogP contribution in [0.4, 0.5) is 0 Å². The van der Waals surface area contributed by atoms with Gasteiger partial charge in [-0.2, -0.15) is 0 Å². The van der Waals surface area contributed by atoms with Gasteiger partial charge in [-0.3, -0.25) is 33.6 Å². The van der Waals surface area contributed by atoms with E-state index in [1.165, 1.54) is 6.92 Å². The molecule has 854 valence electrons. The summed E-state index contributed by atoms with van der Waals surface area (Å²) < 4.78 is 121. The Morgan fingerprint density at radius 3 is 1.13 bits per heavy atom. The van der Waals surface area contributed by atoms with E-state index >= 15 is 0 Å². The van der Waals surface area contributed by atoms with E-state index in [4.69, 9.17) is 94.7 Å². The summed E-state index contributed by atoms with van der Waals surface area (Å²) in [5.74, 6) is -12.5. The van der Waals surface area contributed by atoms with Crippen molar-refractivity contribution < 1.29 is 286 Å². The number of carboxylic acids is 1. The molecule has 10 fully saturated rings. The van der Waals surface area contributed by atoms with Crippen LogP contribution in [0.25, 0.3) is 0 Å². The highest BCUT2D eigenvalue weighted by molar-refractivity contribution is 5.78. The molecule has 37 N–H and O–H groups in total. The number of hydrogen-bond donors (Lipinski definition) is 37. The van der Waals surface area contributed by atoms with Crippen molar-refractivity contribution in [1.29, 1.82) is 0 Å². The number of aliphatic hydroxyl groups excluding tert-OH is 29. The molecule has 65 nitrogen and oxygen atoms in total. The number of rotatable bonds is 44. The fourth-order valence-electron chi connectivity index (χ4n) is 18.8. The summed E-state index contributed by atoms with van der Waals surface area (Å²) in [4.78, 5) is 104. The quantitative estimate of drug-likeness (QED) is 0.0269. The van der Waals surface area contributed by atoms with Crippen LogP contribution in [0.3, 0.4) is 0 Å². The molecule has 7 amide bonds. The molecule has 55 atom stereocenters. The molecule has 10 rings (SSSR count). The Balaban J connectivity index is 1.01. The minimum atomic E-state index is -3.36. The van der Waals surface area contributed by atoms with Crippen LogP contribution in [0.2, 0.25) is 0 Å². The molecule has 65 heteroatoms. The van der Waals surface area contributed by atoms with Crippen molar-refractivity contribution >= 4 is 47.3 Å². The van der Waals surface area contributed by atoms with Crippen molar-refractivity contribution in [3.05, 3.63) is 0 Å². The van der Waals surface area contributed by atoms with Gasteiger partial charge in [-0.25, -0.2) is 4.79 Å². The van der Waals surface area contributed by atoms with Crippen LogP contribution in [-0.2, 0) is 133 Å². The number of carbonyl (C=O) groups is 8. The lowest BCUT2D eigenvalue weighted by atomic mass is 9.88. The minimum Gasteiger partial charge on any atom is -0.477 e. The van der Waals surface area contributed by atoms with Gasteiger partial charge >= 0.3 is 5.97 Å². The molecule has 0 aliphatic carbocycles. The molecule has 0 aromatic carbocycles. The molecule has 0 bridgehead atoms. The molecule has 0 aromatic heterocycles. The second-order valence-electron chi connectivity index (χ2n) is 37.2. The van der Waals surface area contributed by atoms with Crippen LogP contribution in [0.1, 0.15) is 61.8 Å². The van der Waals surface area contributed by atoms with Gasteiger partial charge in [0.15, 0.2) is 56.6 Å². The van der Waals surface area contributed by atoms with Crippen LogP contribution in [0.15, 0.2) is 0 Å². The molecule has 10 aliphatic rings. The van der Waals surface area contributed by atoms with E-state index in [9.17, 15) is 192 Å². The summed E-state index contributed by atoms with van der Waals surface area (Å²) >= 11 is 0. The lowest BCUT2D eigenvalue weighted by molar-refractivity contribution is -0.398. The summed E-state index contributed by atoms with van der Waals surface area (Å²) in [7, 11) is 0. The third kappa shape index (κ3) is 28.6. The predicted octanol–water partition coefficient (Wildman–Crippen LogP) is -24.1. The minimum absolute atomic E-state index is 0.836. The van der Waals surface area contributed by atoms with Crippen LogP contribution in [0.5, 0.6) is 0 Å². The average Bonchev–Trinajstić information content (AvgIpc) is 0.745. The Hall–Kier alpha value is -6.20. The third-order valence-corrected chi connectivity index (χ3v) is 26.4. The third-order valence-electron chi connectivity index (χ3n) is 26.4. The van der Waals surface area contributed by atoms with E-state index in [-0.39, 0.29) is 0 Å². The highest BCUT2D eigenvalue weighted by Crippen LogP contribution is 2.43. The van der Waals surface area contributed by atoms with Gasteiger partial charge in [0.1, 0.15) is 250 Å². The first kappa shape index (κ1) is 124. The van der Waals surface area contributed by atoms with E-state index in [1.54, 1.807) is 0 Å². The van der Waals surface area contributed by atoms with E-state index in [0.717, 1.165) is 48.5 Å². The summed E-state index contributed by atoms with van der Waals surface area (Å²) in [5, 5.41) is 357. The summed E-state index contributed by atoms with van der Waals surface area (Å²) in [5.41, 5.74) is 0. The molecule has 148 heavy (non-hydrogen) atoms. The van der Waals surface area contributed by atoms with Gasteiger partial charge in [0.05, 0.1) is 97.0 Å². The molecule has 10 heterocycles. The first-order chi connectivity index (χ1) is 69.7. The first-order valence-electron chi connectivity index (χ1n) is 47.0. The van der Waals surface area contributed by atoms with Crippen molar-refractivity contribution in [3.8, 4) is 0 Å². The van der Waals surface area contributed by atoms with Crippen LogP contribution in [0, 0.1) is 0 Å². The SMILES string of the molecule is CC(=O)N[C@H]1[C@H](O[C@@H]([C@H](O)[C@H](CO)NC(C)=O)[C@H](O)CO[C@@H]2O[C@@H](C)[C@@H](O)[C@@H](O)[C@@H]2O)O[C@H](CO)[C@@H](O[C@@H]2O[C@H](CO[C@H]3O[C@H](CO)[C@@H](O)[C@H](O)[C@@H]3O[C@@H]3O[C@H](CO)[C@@H](O[C@@H]4O[C@H](CO)[C@H](O)[C@H](O)[C@H]4NC(C)=O)[C@H](O)[C@H]3NC(C)=O)[C@@H](O)[C@H](O[C@H]3O[C@H](CO)[C@@H](O)[C@H](O)[C@@H]3O[C@@H]3O[C@H](CO)[C@@H](O[C@@H]4O[C@H](CO)[C@H](O)[C@H](O[C@]5(C(=O)O)C[C@H](O)[C@@H](NC(C)=O)[C@H]([C@H](O)[C@H](O)CO)O5)[C@H]4NC(C)=O)[C@H](O)[C@H]3NC(C)=O)[C@@H]2O)[C@@H]1O. The fourth-order valence-corrected chi connectivity index (χ4v) is 18.8. The average molecular weight is 2160 g/mol. The van der Waals surface area contributed by atoms with Gasteiger partial charge in [-0.05, 0) is 6.92 Å². The highest BCUT2D eigenvalue weighted by Gasteiger charge is 2.65. The zero-order valence-electron chi connectivity index (χ0n) is 80.5. The van der Waals surface area contributed by atoms with Crippen LogP contribution >= 0.6 is 0 Å². The van der Waals surface area contributed by atoms with E-state index in [0.29, 0.717) is 0 Å². The van der Waals surface area contributed by atoms with Gasteiger partial charge < -0.3 is 285 Å². The number of hydrogen-bond acceptors (Lipinski definition) is 57. The summed E-state index contributed by atoms with van der Waals surface area (Å²) in [6.07, 6.45) is -106. The van der Waals surface area contributed by atoms with Crippen molar-refractivity contribution in [1.82, 2.24) is 37.2 Å². The van der Waals surface area contributed by atoms with Gasteiger partial charge in [0.25, 0.3) is 5.79 Å². The maximum Gasteiger partial charge on any atom is 0.364 e. The maximum atomic E-state index is 13.6. The van der Waals surface area contributed by atoms with Crippen LogP contribution in [-0.4, -0.2) is 610 Å². The van der Waals surface area contributed by atoms with Crippen molar-refractivity contribution in [2.45, 2.75) is 398 Å². The molecule has 0 radical (unpaired) electrons. The summed E-state index contributed by atoms with van der Waals surface area (Å²) in [6, 6.07) is -13.8. The molecule has 0 spiro atoms. The fraction of sp³-hybridized carbons (Fsp3) is 0.904. The largest absolute Gasteiger partial charge is 0.477 e. The number of carboxylic acid groups (broad SMARTS) is 1. The van der Waals surface area contributed by atoms with Gasteiger partial charge in [0, 0.05) is 54.9 Å². The number of carbonyl (C=O) groups excluding carboxylic acids is 7. The zero-order valence-corrected chi connectivity index (χ0v) is 80.5. The van der Waals surface area contributed by atoms with E-state index in [2.05, 4.69) is 37.2 Å². The lowest BCUT2D eigenvalue weighted by Gasteiger charge is -2.52. The van der Waals surface area contributed by atoms with Crippen molar-refractivity contribution in [2.75, 3.05) is 72.7 Å². The second kappa shape index (κ2) is 54.5. The highest BCUT2D eigenvalue weighted by atomic mass is 16.8. The van der Waals surface area contributed by atoms with E-state index < -0.39 is 463 Å². The predicted molar refractivity (Wildman–Crippen MR) is 462 cm³/mol. The maximum absolute atomic E-state index is 13.6. The topological polar surface area (TPSA) is 1010 Å². The van der Waals surface area contributed by atoms with Crippen molar-refractivity contribution in [2.24, 2.45) is 0 Å². The molecular weight excluding hydrogens is 2020 g/mol. The normalized spacial score (nSPS) is 44.2. The smallest absolute Gasteiger partial charge is 0.364 e. The summed E-state index contributed by atoms with van der Waals surface area (Å²) in [6.45, 7) is -5.91. The molecule has 0 unspecified atom stereocenters. The number of aliphatic hydroxyl groups is 29. The number of amides is 7. The number of aliphatic carboxylic acids is 1. The van der Waals surface area contributed by atoms with Crippen molar-refractivity contribution in [3.63, 3.8) is 0 Å². The Kier molecular flexibility index (Phi) is 45.5. The molecule has 10 aliphatic heterocycles. The number of nitrogens with one attached hydrogen (secondary N) is 7. The standard InChI is InChI=1S/C83H139N7O58/c1-21-47(110)59(122)62(125)78(131-21)129-19-32(109)64(48(111)29(10-91)84-22(2)100)140-74-43(87-25(5)103)58(121)67(39(18-99)136-74)143-79-63(126)70(54(117)40(139-79)20-130-80-71(60(123)51(114)34(13-94)134-80)145-75-44(88-26(6)104)56(119)65(37(16-97)137-75)141-73-42(86-24(4)102)55(118)50(113)33(12-93)132-73)144-81-72(61(124)52(115)35(14-95)135-81)146-76-45(89-27(7)105)57(120)66(38(17-98)138-76)142-77-46(90-28(8)106)69(53(116)36(15-96)133-77)148-83(82(127)128)9-30(107)41(85-23(3)101)68(147-83)49(112)31(108)11-92/h21,29-81,91-99,107-126H,9-20H2,1-8H3,(H,84,100)(H,85,101)(H,86,102)(H,87,103)(H,88,104)(H,89,105)(H,90,106)(H,127,128)/t21-,29-,30-,31+,32+,33+,34+,35+,36+,37+,38+,39+,40+,41+,42+,43+,44+,45+,46+,47+,48+,49+,50-,51+,52+,53-,54+,55+,56+,57+,58+,59+,60-,61-,62-,63-,64+,65+,66+,67+,68+,69+,70-,71-,72-,73-,74-,75-,76-,77-,78+,79-,80-,81+,83-/m0/s1. The molecule has 0 saturated carbocycles. The Morgan fingerprint density at radius 2 is 0.689 bits per heavy atom. The zero-order chi connectivity index (χ0) is 110. The van der Waals surface area contributed by atoms with Gasteiger partial charge in [-0.15, -0.1) is 0 Å². The Labute approximate surface area is 839 Å². The molecule has 10 saturated heterocycles. The molecular formula is C83H139N7O58. The number of ether oxygens (including phenoxy) is 20. The molecule has 0 aromatic rings. The van der Waals surface area contributed by atoms with E-state index in [1.807, 2.05) is 0 Å².